The van der Waals surface area contributed by atoms with E-state index in [9.17, 15) is 0 Å². The van der Waals surface area contributed by atoms with E-state index in [2.05, 4.69) is 127 Å². The lowest BCUT2D eigenvalue weighted by Crippen LogP contribution is -2.33. The van der Waals surface area contributed by atoms with Gasteiger partial charge in [-0.05, 0) is 70.1 Å². The maximum Gasteiger partial charge on any atom is 0.174 e. The van der Waals surface area contributed by atoms with Crippen LogP contribution >= 0.6 is 18.9 Å². The van der Waals surface area contributed by atoms with E-state index in [0.717, 1.165) is 34.5 Å². The third-order valence-corrected chi connectivity index (χ3v) is 13.2. The van der Waals surface area contributed by atoms with Gasteiger partial charge in [-0.2, -0.15) is 0 Å². The molecule has 2 unspecified atom stereocenters. The summed E-state index contributed by atoms with van der Waals surface area (Å²) in [6.07, 6.45) is 6.52. The SMILES string of the molecule is CN1c2ccc(-c3ccccc3)cc2SC1P(=O)(c1ccc2c(c1)C=CCC2)c1ccc2ccccc2c1. The third-order valence-electron chi connectivity index (χ3n) is 7.83. The maximum atomic E-state index is 15.7. The summed E-state index contributed by atoms with van der Waals surface area (Å²) in [7, 11) is -0.998. The van der Waals surface area contributed by atoms with E-state index in [1.54, 1.807) is 11.8 Å². The highest BCUT2D eigenvalue weighted by Gasteiger charge is 2.44. The van der Waals surface area contributed by atoms with E-state index in [1.165, 1.54) is 32.5 Å². The Balaban J connectivity index is 1.38. The Morgan fingerprint density at radius 2 is 1.53 bits per heavy atom. The van der Waals surface area contributed by atoms with Crippen LogP contribution in [0, 0.1) is 0 Å². The van der Waals surface area contributed by atoms with Crippen LogP contribution < -0.4 is 15.5 Å². The van der Waals surface area contributed by atoms with Crippen LogP contribution in [0.5, 0.6) is 0 Å². The number of fused-ring (bicyclic) bond motifs is 3. The smallest absolute Gasteiger partial charge is 0.174 e. The summed E-state index contributed by atoms with van der Waals surface area (Å²) in [4.78, 5) is 3.41. The first-order chi connectivity index (χ1) is 18.6. The van der Waals surface area contributed by atoms with Gasteiger partial charge in [-0.1, -0.05) is 109 Å². The summed E-state index contributed by atoms with van der Waals surface area (Å²) in [6.45, 7) is 0. The molecule has 2 aliphatic rings. The molecule has 0 bridgehead atoms. The average Bonchev–Trinajstić information content (AvgIpc) is 3.32. The lowest BCUT2D eigenvalue weighted by Gasteiger charge is -2.31. The van der Waals surface area contributed by atoms with Crippen LogP contribution in [-0.2, 0) is 11.0 Å². The number of hydrogen-bond acceptors (Lipinski definition) is 3. The fourth-order valence-electron chi connectivity index (χ4n) is 5.75. The second-order valence-electron chi connectivity index (χ2n) is 10.1. The van der Waals surface area contributed by atoms with Gasteiger partial charge >= 0.3 is 0 Å². The van der Waals surface area contributed by atoms with Gasteiger partial charge in [0.15, 0.2) is 7.14 Å². The van der Waals surface area contributed by atoms with Crippen molar-refractivity contribution in [1.82, 2.24) is 0 Å². The van der Waals surface area contributed by atoms with Crippen LogP contribution in [0.1, 0.15) is 17.5 Å². The Hall–Kier alpha value is -3.52. The van der Waals surface area contributed by atoms with Gasteiger partial charge in [0.1, 0.15) is 5.11 Å². The molecule has 0 fully saturated rings. The molecule has 38 heavy (non-hydrogen) atoms. The molecule has 5 aromatic rings. The minimum absolute atomic E-state index is 0.227. The molecule has 0 saturated carbocycles. The lowest BCUT2D eigenvalue weighted by atomic mass is 9.98. The number of nitrogens with zero attached hydrogens (tertiary/aromatic N) is 1. The topological polar surface area (TPSA) is 20.3 Å². The summed E-state index contributed by atoms with van der Waals surface area (Å²) >= 11 is 1.74. The summed E-state index contributed by atoms with van der Waals surface area (Å²) in [5, 5.41) is 3.90. The van der Waals surface area contributed by atoms with Gasteiger partial charge in [0.05, 0.1) is 5.69 Å². The van der Waals surface area contributed by atoms with E-state index in [4.69, 9.17) is 0 Å². The molecule has 0 radical (unpaired) electrons. The standard InChI is InChI=1S/C34H28NOPS/c1-35-32-20-17-29(24-9-3-2-4-10-24)23-33(32)38-34(35)37(36,30-18-15-25-11-5-7-13-27(25)21-30)31-19-16-26-12-6-8-14-28(26)22-31/h2-5,7-11,13-23,34H,6,12H2,1H3. The first-order valence-electron chi connectivity index (χ1n) is 13.1. The van der Waals surface area contributed by atoms with E-state index in [1.807, 2.05) is 6.07 Å². The van der Waals surface area contributed by atoms with E-state index >= 15 is 4.57 Å². The fraction of sp³-hybridized carbons (Fsp3) is 0.118. The number of rotatable bonds is 4. The van der Waals surface area contributed by atoms with Crippen LogP contribution in [-0.4, -0.2) is 12.2 Å². The summed E-state index contributed by atoms with van der Waals surface area (Å²) in [5.41, 5.74) is 6.05. The Morgan fingerprint density at radius 3 is 2.39 bits per heavy atom. The van der Waals surface area contributed by atoms with Crippen molar-refractivity contribution in [2.75, 3.05) is 11.9 Å². The van der Waals surface area contributed by atoms with Gasteiger partial charge in [0.2, 0.25) is 0 Å². The van der Waals surface area contributed by atoms with Crippen molar-refractivity contribution >= 4 is 52.0 Å². The zero-order chi connectivity index (χ0) is 25.7. The molecular formula is C34H28NOPS. The normalized spacial score (nSPS) is 17.7. The number of aryl methyl sites for hydroxylation is 1. The maximum absolute atomic E-state index is 15.7. The third kappa shape index (κ3) is 3.85. The van der Waals surface area contributed by atoms with Crippen molar-refractivity contribution < 1.29 is 4.57 Å². The predicted molar refractivity (Wildman–Crippen MR) is 165 cm³/mol. The molecule has 1 aliphatic heterocycles. The highest BCUT2D eigenvalue weighted by atomic mass is 32.2. The molecule has 0 amide bonds. The Morgan fingerprint density at radius 1 is 0.763 bits per heavy atom. The van der Waals surface area contributed by atoms with Crippen molar-refractivity contribution in [3.8, 4) is 11.1 Å². The number of anilines is 1. The molecule has 186 valence electrons. The van der Waals surface area contributed by atoms with Crippen molar-refractivity contribution in [3.63, 3.8) is 0 Å². The highest BCUT2D eigenvalue weighted by Crippen LogP contribution is 2.61. The molecule has 0 saturated heterocycles. The Bertz CT molecular complexity index is 1760. The minimum Gasteiger partial charge on any atom is -0.354 e. The Labute approximate surface area is 228 Å². The summed E-state index contributed by atoms with van der Waals surface area (Å²) in [6, 6.07) is 38.3. The molecule has 0 N–H and O–H groups in total. The van der Waals surface area contributed by atoms with Crippen LogP contribution in [0.15, 0.2) is 120 Å². The van der Waals surface area contributed by atoms with Gasteiger partial charge in [-0.15, -0.1) is 0 Å². The molecule has 0 aromatic heterocycles. The number of benzene rings is 5. The van der Waals surface area contributed by atoms with E-state index in [0.29, 0.717) is 0 Å². The van der Waals surface area contributed by atoms with Crippen molar-refractivity contribution in [1.29, 1.82) is 0 Å². The Kier molecular flexibility index (Phi) is 5.80. The second kappa shape index (κ2) is 9.34. The largest absolute Gasteiger partial charge is 0.354 e. The number of thioether (sulfide) groups is 1. The first kappa shape index (κ1) is 23.6. The van der Waals surface area contributed by atoms with Crippen LogP contribution in [0.2, 0.25) is 0 Å². The molecule has 2 nitrogen and oxygen atoms in total. The molecule has 0 spiro atoms. The van der Waals surface area contributed by atoms with E-state index in [-0.39, 0.29) is 5.11 Å². The zero-order valence-electron chi connectivity index (χ0n) is 21.2. The fourth-order valence-corrected chi connectivity index (χ4v) is 11.1. The molecule has 1 aliphatic carbocycles. The van der Waals surface area contributed by atoms with Gasteiger partial charge in [-0.25, -0.2) is 0 Å². The van der Waals surface area contributed by atoms with Crippen LogP contribution in [0.3, 0.4) is 0 Å². The predicted octanol–water partition coefficient (Wildman–Crippen LogP) is 8.31. The minimum atomic E-state index is -3.09. The summed E-state index contributed by atoms with van der Waals surface area (Å²) < 4.78 is 15.7. The molecule has 5 aromatic carbocycles. The van der Waals surface area contributed by atoms with Crippen molar-refractivity contribution in [3.05, 3.63) is 126 Å². The second-order valence-corrected chi connectivity index (χ2v) is 14.4. The lowest BCUT2D eigenvalue weighted by molar-refractivity contribution is 0.585. The van der Waals surface area contributed by atoms with Crippen LogP contribution in [0.25, 0.3) is 28.0 Å². The molecule has 7 rings (SSSR count). The zero-order valence-corrected chi connectivity index (χ0v) is 23.0. The van der Waals surface area contributed by atoms with Crippen molar-refractivity contribution in [2.45, 2.75) is 22.9 Å². The molecule has 2 atom stereocenters. The van der Waals surface area contributed by atoms with E-state index < -0.39 is 7.14 Å². The first-order valence-corrected chi connectivity index (χ1v) is 15.7. The highest BCUT2D eigenvalue weighted by molar-refractivity contribution is 8.09. The number of allylic oxidation sites excluding steroid dienone is 1. The van der Waals surface area contributed by atoms with Gasteiger partial charge in [0, 0.05) is 22.6 Å². The van der Waals surface area contributed by atoms with Gasteiger partial charge in [0.25, 0.3) is 0 Å². The van der Waals surface area contributed by atoms with Crippen LogP contribution in [0.4, 0.5) is 5.69 Å². The monoisotopic (exact) mass is 529 g/mol. The number of hydrogen-bond donors (Lipinski definition) is 0. The van der Waals surface area contributed by atoms with Gasteiger partial charge < -0.3 is 9.46 Å². The quantitative estimate of drug-likeness (QED) is 0.218. The molecule has 1 heterocycles. The molecular weight excluding hydrogens is 501 g/mol. The molecule has 4 heteroatoms. The average molecular weight is 530 g/mol. The van der Waals surface area contributed by atoms with Crippen molar-refractivity contribution in [2.24, 2.45) is 0 Å². The summed E-state index contributed by atoms with van der Waals surface area (Å²) in [5.74, 6) is 0. The van der Waals surface area contributed by atoms with Gasteiger partial charge in [-0.3, -0.25) is 0 Å².